The molecule has 0 saturated heterocycles. The summed E-state index contributed by atoms with van der Waals surface area (Å²) in [7, 11) is 0. The number of hydrogen-bond acceptors (Lipinski definition) is 4. The van der Waals surface area contributed by atoms with Crippen LogP contribution in [0.25, 0.3) is 0 Å². The maximum atomic E-state index is 12.0. The van der Waals surface area contributed by atoms with Gasteiger partial charge >= 0.3 is 0 Å². The molecule has 1 aromatic rings. The van der Waals surface area contributed by atoms with Crippen molar-refractivity contribution in [2.45, 2.75) is 40.2 Å². The molecule has 1 amide bonds. The Morgan fingerprint density at radius 1 is 1.33 bits per heavy atom. The second-order valence-electron chi connectivity index (χ2n) is 4.82. The van der Waals surface area contributed by atoms with E-state index in [0.717, 1.165) is 13.0 Å². The molecule has 1 heterocycles. The van der Waals surface area contributed by atoms with E-state index in [4.69, 9.17) is 0 Å². The minimum atomic E-state index is -0.171. The maximum absolute atomic E-state index is 12.0. The lowest BCUT2D eigenvalue weighted by molar-refractivity contribution is 0.0931. The van der Waals surface area contributed by atoms with E-state index in [9.17, 15) is 4.79 Å². The zero-order chi connectivity index (χ0) is 13.5. The average Bonchev–Trinajstić information content (AvgIpc) is 2.28. The van der Waals surface area contributed by atoms with Crippen LogP contribution in [0.5, 0.6) is 0 Å². The molecule has 0 aliphatic rings. The zero-order valence-corrected chi connectivity index (χ0v) is 11.5. The fraction of sp³-hybridized carbons (Fsp3) is 0.615. The first-order chi connectivity index (χ1) is 8.52. The fourth-order valence-electron chi connectivity index (χ4n) is 1.81. The Balaban J connectivity index is 2.63. The molecule has 0 radical (unpaired) electrons. The van der Waals surface area contributed by atoms with Crippen molar-refractivity contribution in [2.75, 3.05) is 11.9 Å². The van der Waals surface area contributed by atoms with Gasteiger partial charge in [0.15, 0.2) is 0 Å². The van der Waals surface area contributed by atoms with Gasteiger partial charge in [-0.05, 0) is 26.2 Å². The Labute approximate surface area is 108 Å². The highest BCUT2D eigenvalue weighted by Crippen LogP contribution is 2.06. The summed E-state index contributed by atoms with van der Waals surface area (Å²) < 4.78 is 0. The van der Waals surface area contributed by atoms with Gasteiger partial charge in [-0.1, -0.05) is 13.8 Å². The lowest BCUT2D eigenvalue weighted by Crippen LogP contribution is -2.34. The Kier molecular flexibility index (Phi) is 5.55. The van der Waals surface area contributed by atoms with Crippen molar-refractivity contribution in [3.8, 4) is 0 Å². The minimum Gasteiger partial charge on any atom is -0.369 e. The molecule has 18 heavy (non-hydrogen) atoms. The van der Waals surface area contributed by atoms with Crippen molar-refractivity contribution in [1.82, 2.24) is 15.3 Å². The highest BCUT2D eigenvalue weighted by molar-refractivity contribution is 5.92. The summed E-state index contributed by atoms with van der Waals surface area (Å²) in [6, 6.07) is 0.141. The molecule has 0 bridgehead atoms. The van der Waals surface area contributed by atoms with Gasteiger partial charge in [-0.2, -0.15) is 0 Å². The number of anilines is 1. The standard InChI is InChI=1S/C13H22N4O/c1-5-15-12-8-14-7-11(17-12)13(18)16-10(4)6-9(2)3/h7-10H,5-6H2,1-4H3,(H,15,17)(H,16,18). The molecule has 0 aliphatic carbocycles. The predicted octanol–water partition coefficient (Wildman–Crippen LogP) is 2.07. The molecule has 0 fully saturated rings. The normalized spacial score (nSPS) is 12.3. The van der Waals surface area contributed by atoms with Gasteiger partial charge in [0, 0.05) is 12.6 Å². The quantitative estimate of drug-likeness (QED) is 0.811. The summed E-state index contributed by atoms with van der Waals surface area (Å²) in [4.78, 5) is 20.2. The van der Waals surface area contributed by atoms with Crippen LogP contribution in [0.4, 0.5) is 5.82 Å². The first kappa shape index (κ1) is 14.4. The molecule has 0 aromatic carbocycles. The van der Waals surface area contributed by atoms with E-state index in [2.05, 4.69) is 34.4 Å². The van der Waals surface area contributed by atoms with Crippen LogP contribution in [0.1, 0.15) is 44.6 Å². The van der Waals surface area contributed by atoms with Crippen LogP contribution in [0.15, 0.2) is 12.4 Å². The van der Waals surface area contributed by atoms with E-state index in [-0.39, 0.29) is 11.9 Å². The molecule has 2 N–H and O–H groups in total. The molecule has 100 valence electrons. The summed E-state index contributed by atoms with van der Waals surface area (Å²) >= 11 is 0. The molecule has 0 saturated carbocycles. The Morgan fingerprint density at radius 2 is 2.06 bits per heavy atom. The van der Waals surface area contributed by atoms with Crippen molar-refractivity contribution in [3.05, 3.63) is 18.1 Å². The lowest BCUT2D eigenvalue weighted by atomic mass is 10.1. The van der Waals surface area contributed by atoms with E-state index in [0.29, 0.717) is 17.4 Å². The minimum absolute atomic E-state index is 0.141. The summed E-state index contributed by atoms with van der Waals surface area (Å²) in [5, 5.41) is 5.96. The number of nitrogens with zero attached hydrogens (tertiary/aromatic N) is 2. The number of rotatable bonds is 6. The van der Waals surface area contributed by atoms with Crippen LogP contribution >= 0.6 is 0 Å². The molecule has 5 nitrogen and oxygen atoms in total. The van der Waals surface area contributed by atoms with Gasteiger partial charge in [-0.3, -0.25) is 9.78 Å². The zero-order valence-electron chi connectivity index (χ0n) is 11.5. The van der Waals surface area contributed by atoms with Gasteiger partial charge < -0.3 is 10.6 Å². The molecule has 1 atom stereocenters. The topological polar surface area (TPSA) is 66.9 Å². The molecule has 5 heteroatoms. The highest BCUT2D eigenvalue weighted by atomic mass is 16.1. The smallest absolute Gasteiger partial charge is 0.271 e. The van der Waals surface area contributed by atoms with Crippen LogP contribution in [0.3, 0.4) is 0 Å². The fourth-order valence-corrected chi connectivity index (χ4v) is 1.81. The predicted molar refractivity (Wildman–Crippen MR) is 72.6 cm³/mol. The van der Waals surface area contributed by atoms with Crippen LogP contribution in [-0.4, -0.2) is 28.5 Å². The number of amides is 1. The summed E-state index contributed by atoms with van der Waals surface area (Å²) in [5.74, 6) is 1.01. The van der Waals surface area contributed by atoms with Crippen LogP contribution < -0.4 is 10.6 Å². The molecule has 1 unspecified atom stereocenters. The number of carbonyl (C=O) groups is 1. The van der Waals surface area contributed by atoms with Crippen LogP contribution in [0.2, 0.25) is 0 Å². The van der Waals surface area contributed by atoms with Crippen molar-refractivity contribution in [3.63, 3.8) is 0 Å². The van der Waals surface area contributed by atoms with Crippen molar-refractivity contribution < 1.29 is 4.79 Å². The van der Waals surface area contributed by atoms with Gasteiger partial charge in [-0.15, -0.1) is 0 Å². The second kappa shape index (κ2) is 6.93. The number of carbonyl (C=O) groups excluding carboxylic acids is 1. The molecular weight excluding hydrogens is 228 g/mol. The largest absolute Gasteiger partial charge is 0.369 e. The summed E-state index contributed by atoms with van der Waals surface area (Å²) in [6.45, 7) is 8.99. The van der Waals surface area contributed by atoms with Crippen molar-refractivity contribution >= 4 is 11.7 Å². The van der Waals surface area contributed by atoms with Crippen LogP contribution in [0, 0.1) is 5.92 Å². The van der Waals surface area contributed by atoms with Crippen molar-refractivity contribution in [2.24, 2.45) is 5.92 Å². The second-order valence-corrected chi connectivity index (χ2v) is 4.82. The molecular formula is C13H22N4O. The summed E-state index contributed by atoms with van der Waals surface area (Å²) in [5.41, 5.74) is 0.351. The molecule has 0 spiro atoms. The van der Waals surface area contributed by atoms with Crippen molar-refractivity contribution in [1.29, 1.82) is 0 Å². The van der Waals surface area contributed by atoms with E-state index < -0.39 is 0 Å². The SMILES string of the molecule is CCNc1cncc(C(=O)NC(C)CC(C)C)n1. The van der Waals surface area contributed by atoms with Gasteiger partial charge in [0.1, 0.15) is 11.5 Å². The van der Waals surface area contributed by atoms with Gasteiger partial charge in [0.2, 0.25) is 0 Å². The highest BCUT2D eigenvalue weighted by Gasteiger charge is 2.12. The molecule has 0 aliphatic heterocycles. The van der Waals surface area contributed by atoms with Gasteiger partial charge in [-0.25, -0.2) is 4.98 Å². The number of aromatic nitrogens is 2. The number of hydrogen-bond donors (Lipinski definition) is 2. The maximum Gasteiger partial charge on any atom is 0.271 e. The Bertz CT molecular complexity index is 392. The average molecular weight is 250 g/mol. The first-order valence-electron chi connectivity index (χ1n) is 6.39. The monoisotopic (exact) mass is 250 g/mol. The van der Waals surface area contributed by atoms with Gasteiger partial charge in [0.05, 0.1) is 12.4 Å². The third-order valence-electron chi connectivity index (χ3n) is 2.43. The van der Waals surface area contributed by atoms with E-state index >= 15 is 0 Å². The van der Waals surface area contributed by atoms with Crippen LogP contribution in [-0.2, 0) is 0 Å². The third-order valence-corrected chi connectivity index (χ3v) is 2.43. The number of nitrogens with one attached hydrogen (secondary N) is 2. The molecule has 1 aromatic heterocycles. The first-order valence-corrected chi connectivity index (χ1v) is 6.39. The lowest BCUT2D eigenvalue weighted by Gasteiger charge is -2.15. The molecule has 1 rings (SSSR count). The Hall–Kier alpha value is -1.65. The van der Waals surface area contributed by atoms with E-state index in [1.165, 1.54) is 6.20 Å². The summed E-state index contributed by atoms with van der Waals surface area (Å²) in [6.07, 6.45) is 4.04. The van der Waals surface area contributed by atoms with Gasteiger partial charge in [0.25, 0.3) is 5.91 Å². The third kappa shape index (κ3) is 4.69. The van der Waals surface area contributed by atoms with E-state index in [1.807, 2.05) is 13.8 Å². The van der Waals surface area contributed by atoms with E-state index in [1.54, 1.807) is 6.20 Å². The Morgan fingerprint density at radius 3 is 2.67 bits per heavy atom.